The second-order valence-electron chi connectivity index (χ2n) is 5.54. The topological polar surface area (TPSA) is 125 Å². The summed E-state index contributed by atoms with van der Waals surface area (Å²) in [4.78, 5) is 18.1. The lowest BCUT2D eigenvalue weighted by atomic mass is 10.3. The maximum Gasteiger partial charge on any atom is 0.269 e. The van der Waals surface area contributed by atoms with Crippen LogP contribution in [-0.2, 0) is 10.0 Å². The van der Waals surface area contributed by atoms with Gasteiger partial charge in [-0.2, -0.15) is 9.29 Å². The average Bonchev–Trinajstić information content (AvgIpc) is 3.11. The van der Waals surface area contributed by atoms with Gasteiger partial charge in [0.25, 0.3) is 5.69 Å². The quantitative estimate of drug-likeness (QED) is 0.541. The molecule has 1 aromatic carbocycles. The number of methoxy groups -OCH3 is 1. The van der Waals surface area contributed by atoms with Crippen LogP contribution in [0, 0.1) is 10.1 Å². The molecular weight excluding hydrogens is 364 g/mol. The van der Waals surface area contributed by atoms with E-state index in [2.05, 4.69) is 9.97 Å². The minimum Gasteiger partial charge on any atom is -0.480 e. The molecule has 0 aliphatic carbocycles. The molecule has 138 valence electrons. The first-order chi connectivity index (χ1) is 12.4. The van der Waals surface area contributed by atoms with Crippen molar-refractivity contribution in [2.75, 3.05) is 20.2 Å². The van der Waals surface area contributed by atoms with Crippen molar-refractivity contribution in [3.05, 3.63) is 46.8 Å². The molecule has 26 heavy (non-hydrogen) atoms. The first kappa shape index (κ1) is 18.0. The van der Waals surface area contributed by atoms with Crippen LogP contribution in [0.3, 0.4) is 0 Å². The molecule has 0 bridgehead atoms. The van der Waals surface area contributed by atoms with Crippen molar-refractivity contribution in [3.8, 4) is 11.8 Å². The zero-order chi connectivity index (χ0) is 18.7. The van der Waals surface area contributed by atoms with Crippen LogP contribution in [0.25, 0.3) is 0 Å². The van der Waals surface area contributed by atoms with Crippen molar-refractivity contribution in [2.45, 2.75) is 17.4 Å². The predicted molar refractivity (Wildman–Crippen MR) is 89.5 cm³/mol. The van der Waals surface area contributed by atoms with Crippen LogP contribution in [0.4, 0.5) is 5.69 Å². The van der Waals surface area contributed by atoms with Gasteiger partial charge in [-0.15, -0.1) is 0 Å². The fourth-order valence-corrected chi connectivity index (χ4v) is 4.04. The molecule has 0 saturated carbocycles. The van der Waals surface area contributed by atoms with Crippen LogP contribution in [0.2, 0.25) is 0 Å². The number of nitrogens with zero attached hydrogens (tertiary/aromatic N) is 4. The van der Waals surface area contributed by atoms with Gasteiger partial charge in [0.05, 0.1) is 35.9 Å². The van der Waals surface area contributed by atoms with E-state index in [1.807, 2.05) is 0 Å². The Hall–Kier alpha value is -2.79. The highest BCUT2D eigenvalue weighted by Crippen LogP contribution is 2.25. The van der Waals surface area contributed by atoms with Gasteiger partial charge in [-0.1, -0.05) is 0 Å². The zero-order valence-corrected chi connectivity index (χ0v) is 14.6. The number of sulfonamides is 1. The second kappa shape index (κ2) is 7.22. The molecule has 3 rings (SSSR count). The molecule has 1 aliphatic rings. The molecule has 2 aromatic rings. The Kier molecular flexibility index (Phi) is 5.00. The van der Waals surface area contributed by atoms with Gasteiger partial charge >= 0.3 is 0 Å². The maximum absolute atomic E-state index is 12.7. The summed E-state index contributed by atoms with van der Waals surface area (Å²) in [5.41, 5.74) is -0.164. The number of nitro benzene ring substituents is 1. The lowest BCUT2D eigenvalue weighted by Crippen LogP contribution is -2.31. The summed E-state index contributed by atoms with van der Waals surface area (Å²) in [5.74, 6) is 0.555. The highest BCUT2D eigenvalue weighted by molar-refractivity contribution is 7.89. The van der Waals surface area contributed by atoms with Crippen LogP contribution in [0.1, 0.15) is 6.42 Å². The summed E-state index contributed by atoms with van der Waals surface area (Å²) in [7, 11) is -2.29. The van der Waals surface area contributed by atoms with Crippen LogP contribution < -0.4 is 9.47 Å². The van der Waals surface area contributed by atoms with Gasteiger partial charge in [-0.25, -0.2) is 8.42 Å². The number of benzene rings is 1. The Bertz CT molecular complexity index is 903. The molecule has 1 unspecified atom stereocenters. The fourth-order valence-electron chi connectivity index (χ4n) is 2.56. The van der Waals surface area contributed by atoms with E-state index < -0.39 is 14.9 Å². The van der Waals surface area contributed by atoms with E-state index in [1.54, 1.807) is 0 Å². The molecule has 0 N–H and O–H groups in total. The van der Waals surface area contributed by atoms with Crippen LogP contribution in [0.15, 0.2) is 41.6 Å². The van der Waals surface area contributed by atoms with Crippen LogP contribution in [-0.4, -0.2) is 53.9 Å². The zero-order valence-electron chi connectivity index (χ0n) is 13.8. The second-order valence-corrected chi connectivity index (χ2v) is 7.48. The van der Waals surface area contributed by atoms with Crippen molar-refractivity contribution in [1.82, 2.24) is 14.3 Å². The third-order valence-electron chi connectivity index (χ3n) is 3.88. The van der Waals surface area contributed by atoms with Crippen molar-refractivity contribution in [3.63, 3.8) is 0 Å². The number of ether oxygens (including phenoxy) is 2. The molecular formula is C15H16N4O6S. The third kappa shape index (κ3) is 3.73. The van der Waals surface area contributed by atoms with Gasteiger partial charge in [0.1, 0.15) is 6.10 Å². The summed E-state index contributed by atoms with van der Waals surface area (Å²) in [6, 6.07) is 4.80. The summed E-state index contributed by atoms with van der Waals surface area (Å²) in [6.45, 7) is 0.430. The predicted octanol–water partition coefficient (Wildman–Crippen LogP) is 1.24. The van der Waals surface area contributed by atoms with Crippen molar-refractivity contribution in [2.24, 2.45) is 0 Å². The van der Waals surface area contributed by atoms with E-state index in [0.29, 0.717) is 12.3 Å². The Balaban J connectivity index is 1.69. The SMILES string of the molecule is COc1cncc(OC2CCN(S(=O)(=O)c3ccc([N+](=O)[O-])cc3)C2)n1. The molecule has 1 atom stereocenters. The van der Waals surface area contributed by atoms with E-state index in [4.69, 9.17) is 9.47 Å². The highest BCUT2D eigenvalue weighted by atomic mass is 32.2. The Morgan fingerprint density at radius 3 is 2.58 bits per heavy atom. The van der Waals surface area contributed by atoms with Crippen molar-refractivity contribution in [1.29, 1.82) is 0 Å². The van der Waals surface area contributed by atoms with E-state index in [9.17, 15) is 18.5 Å². The number of non-ortho nitro benzene ring substituents is 1. The average molecular weight is 380 g/mol. The number of hydrogen-bond donors (Lipinski definition) is 0. The Morgan fingerprint density at radius 2 is 1.92 bits per heavy atom. The van der Waals surface area contributed by atoms with Gasteiger partial charge in [0, 0.05) is 18.7 Å². The molecule has 0 spiro atoms. The smallest absolute Gasteiger partial charge is 0.269 e. The number of aromatic nitrogens is 2. The molecule has 1 aliphatic heterocycles. The molecule has 1 fully saturated rings. The number of nitro groups is 1. The van der Waals surface area contributed by atoms with E-state index >= 15 is 0 Å². The minimum atomic E-state index is -3.75. The summed E-state index contributed by atoms with van der Waals surface area (Å²) in [5, 5.41) is 10.7. The van der Waals surface area contributed by atoms with Gasteiger partial charge in [0.15, 0.2) is 0 Å². The van der Waals surface area contributed by atoms with Crippen LogP contribution in [0.5, 0.6) is 11.8 Å². The first-order valence-corrected chi connectivity index (χ1v) is 9.11. The van der Waals surface area contributed by atoms with E-state index in [-0.39, 0.29) is 35.7 Å². The van der Waals surface area contributed by atoms with Gasteiger partial charge in [0.2, 0.25) is 21.8 Å². The highest BCUT2D eigenvalue weighted by Gasteiger charge is 2.34. The first-order valence-electron chi connectivity index (χ1n) is 7.67. The Labute approximate surface area is 149 Å². The normalized spacial score (nSPS) is 17.8. The summed E-state index contributed by atoms with van der Waals surface area (Å²) < 4.78 is 37.3. The van der Waals surface area contributed by atoms with E-state index in [0.717, 1.165) is 0 Å². The molecule has 11 heteroatoms. The summed E-state index contributed by atoms with van der Waals surface area (Å²) >= 11 is 0. The molecule has 0 amide bonds. The maximum atomic E-state index is 12.7. The molecule has 10 nitrogen and oxygen atoms in total. The Morgan fingerprint density at radius 1 is 1.23 bits per heavy atom. The lowest BCUT2D eigenvalue weighted by molar-refractivity contribution is -0.384. The van der Waals surface area contributed by atoms with Gasteiger partial charge in [-0.05, 0) is 18.6 Å². The van der Waals surface area contributed by atoms with Crippen LogP contribution >= 0.6 is 0 Å². The largest absolute Gasteiger partial charge is 0.480 e. The molecule has 1 saturated heterocycles. The van der Waals surface area contributed by atoms with Gasteiger partial charge in [-0.3, -0.25) is 15.1 Å². The summed E-state index contributed by atoms with van der Waals surface area (Å²) in [6.07, 6.45) is 2.98. The fraction of sp³-hybridized carbons (Fsp3) is 0.333. The number of rotatable bonds is 6. The van der Waals surface area contributed by atoms with Crippen molar-refractivity contribution >= 4 is 15.7 Å². The standard InChI is InChI=1S/C15H16N4O6S/c1-24-14-8-16-9-15(17-14)25-12-6-7-18(10-12)26(22,23)13-4-2-11(3-5-13)19(20)21/h2-5,8-9,12H,6-7,10H2,1H3. The van der Waals surface area contributed by atoms with Gasteiger partial charge < -0.3 is 9.47 Å². The number of hydrogen-bond acceptors (Lipinski definition) is 8. The molecule has 1 aromatic heterocycles. The lowest BCUT2D eigenvalue weighted by Gasteiger charge is -2.17. The third-order valence-corrected chi connectivity index (χ3v) is 5.76. The minimum absolute atomic E-state index is 0.00456. The molecule has 0 radical (unpaired) electrons. The van der Waals surface area contributed by atoms with E-state index in [1.165, 1.54) is 48.1 Å². The van der Waals surface area contributed by atoms with Crippen molar-refractivity contribution < 1.29 is 22.8 Å². The molecule has 2 heterocycles. The monoisotopic (exact) mass is 380 g/mol.